The summed E-state index contributed by atoms with van der Waals surface area (Å²) >= 11 is 6.36. The Hall–Kier alpha value is -4.12. The minimum absolute atomic E-state index is 0.181. The molecule has 40 heavy (non-hydrogen) atoms. The van der Waals surface area contributed by atoms with E-state index in [4.69, 9.17) is 31.9 Å². The molecule has 12 heteroatoms. The van der Waals surface area contributed by atoms with Crippen LogP contribution in [0.1, 0.15) is 50.8 Å². The number of rotatable bonds is 11. The average Bonchev–Trinajstić information content (AvgIpc) is 3.58. The maximum atomic E-state index is 6.36. The van der Waals surface area contributed by atoms with Crippen molar-refractivity contribution in [1.29, 1.82) is 0 Å². The van der Waals surface area contributed by atoms with Crippen LogP contribution >= 0.6 is 11.6 Å². The van der Waals surface area contributed by atoms with Crippen molar-refractivity contribution >= 4 is 29.6 Å². The first kappa shape index (κ1) is 27.4. The zero-order chi connectivity index (χ0) is 27.9. The summed E-state index contributed by atoms with van der Waals surface area (Å²) < 4.78 is 15.9. The highest BCUT2D eigenvalue weighted by Crippen LogP contribution is 2.34. The average molecular weight is 564 g/mol. The standard InChI is InChI=1S/C28H34ClN9O2/c1-19(13-31-18-30)40-26-12-20(8-9-24(26)29)21-14-32-28(33-15-21)35-25-16-38(22-6-4-3-5-7-22)36-27(25)39-17-23-10-11-34-37(23)2/h8-12,14-16,18-19,22H,3-7,13,17H2,1-2H3,(H2,30,31)(H,32,33,35)/t19-/m0/s1. The highest BCUT2D eigenvalue weighted by molar-refractivity contribution is 6.32. The minimum atomic E-state index is -0.181. The summed E-state index contributed by atoms with van der Waals surface area (Å²) in [6, 6.07) is 7.85. The maximum absolute atomic E-state index is 6.36. The molecule has 1 fully saturated rings. The van der Waals surface area contributed by atoms with Crippen molar-refractivity contribution in [2.24, 2.45) is 17.8 Å². The Bertz CT molecular complexity index is 1430. The SMILES string of the molecule is C[C@@H](CN=CN)Oc1cc(-c2cnc(Nc3cn(C4CCCCC4)nc3OCc3ccnn3C)nc2)ccc1Cl. The van der Waals surface area contributed by atoms with Crippen LogP contribution in [0.4, 0.5) is 11.6 Å². The molecule has 1 aliphatic carbocycles. The van der Waals surface area contributed by atoms with Crippen LogP contribution in [0.3, 0.4) is 0 Å². The monoisotopic (exact) mass is 563 g/mol. The second-order valence-corrected chi connectivity index (χ2v) is 10.3. The van der Waals surface area contributed by atoms with Gasteiger partial charge in [0.2, 0.25) is 5.95 Å². The summed E-state index contributed by atoms with van der Waals surface area (Å²) in [6.45, 7) is 2.70. The molecule has 0 bridgehead atoms. The van der Waals surface area contributed by atoms with Gasteiger partial charge < -0.3 is 20.5 Å². The van der Waals surface area contributed by atoms with Gasteiger partial charge in [0, 0.05) is 31.2 Å². The molecule has 3 N–H and O–H groups in total. The van der Waals surface area contributed by atoms with Crippen molar-refractivity contribution in [3.8, 4) is 22.8 Å². The van der Waals surface area contributed by atoms with Crippen molar-refractivity contribution in [2.75, 3.05) is 11.9 Å². The molecule has 0 unspecified atom stereocenters. The number of ether oxygens (including phenoxy) is 2. The first-order valence-electron chi connectivity index (χ1n) is 13.4. The molecule has 4 aromatic rings. The van der Waals surface area contributed by atoms with E-state index in [0.29, 0.717) is 41.8 Å². The van der Waals surface area contributed by atoms with E-state index in [2.05, 4.69) is 25.4 Å². The summed E-state index contributed by atoms with van der Waals surface area (Å²) in [4.78, 5) is 13.1. The van der Waals surface area contributed by atoms with Crippen LogP contribution in [-0.4, -0.2) is 48.5 Å². The fourth-order valence-electron chi connectivity index (χ4n) is 4.68. The molecule has 0 spiro atoms. The normalized spacial score (nSPS) is 14.9. The second kappa shape index (κ2) is 12.8. The number of anilines is 2. The lowest BCUT2D eigenvalue weighted by Gasteiger charge is -2.21. The van der Waals surface area contributed by atoms with Gasteiger partial charge in [-0.25, -0.2) is 9.97 Å². The van der Waals surface area contributed by atoms with Crippen LogP contribution in [0, 0.1) is 0 Å². The Labute approximate surface area is 238 Å². The van der Waals surface area contributed by atoms with Gasteiger partial charge in [-0.2, -0.15) is 5.10 Å². The molecule has 3 aromatic heterocycles. The number of aryl methyl sites for hydroxylation is 1. The largest absolute Gasteiger partial charge is 0.487 e. The molecular formula is C28H34ClN9O2. The molecule has 0 amide bonds. The fourth-order valence-corrected chi connectivity index (χ4v) is 4.85. The Morgan fingerprint density at radius 1 is 1.18 bits per heavy atom. The van der Waals surface area contributed by atoms with E-state index in [0.717, 1.165) is 35.3 Å². The summed E-state index contributed by atoms with van der Waals surface area (Å²) in [5.41, 5.74) is 8.71. The summed E-state index contributed by atoms with van der Waals surface area (Å²) in [5, 5.41) is 12.8. The number of aliphatic imine (C=N–C) groups is 1. The molecule has 1 atom stereocenters. The van der Waals surface area contributed by atoms with E-state index in [1.165, 1.54) is 25.6 Å². The minimum Gasteiger partial charge on any atom is -0.487 e. The predicted octanol–water partition coefficient (Wildman–Crippen LogP) is 5.31. The molecule has 1 saturated carbocycles. The molecule has 0 aliphatic heterocycles. The highest BCUT2D eigenvalue weighted by atomic mass is 35.5. The van der Waals surface area contributed by atoms with Crippen molar-refractivity contribution < 1.29 is 9.47 Å². The van der Waals surface area contributed by atoms with E-state index in [1.54, 1.807) is 29.3 Å². The third-order valence-corrected chi connectivity index (χ3v) is 7.20. The lowest BCUT2D eigenvalue weighted by Crippen LogP contribution is -2.16. The number of hydrogen-bond acceptors (Lipinski definition) is 8. The van der Waals surface area contributed by atoms with Gasteiger partial charge in [-0.15, -0.1) is 5.10 Å². The van der Waals surface area contributed by atoms with Crippen molar-refractivity contribution in [2.45, 2.75) is 57.8 Å². The van der Waals surface area contributed by atoms with E-state index < -0.39 is 0 Å². The number of aromatic nitrogens is 6. The van der Waals surface area contributed by atoms with E-state index in [-0.39, 0.29) is 6.10 Å². The molecule has 3 heterocycles. The Balaban J connectivity index is 1.32. The summed E-state index contributed by atoms with van der Waals surface area (Å²) in [6.07, 6.45) is 14.3. The Morgan fingerprint density at radius 2 is 1.98 bits per heavy atom. The van der Waals surface area contributed by atoms with Gasteiger partial charge in [0.1, 0.15) is 24.1 Å². The number of halogens is 1. The molecule has 1 aliphatic rings. The van der Waals surface area contributed by atoms with Crippen molar-refractivity contribution in [3.63, 3.8) is 0 Å². The second-order valence-electron chi connectivity index (χ2n) is 9.86. The summed E-state index contributed by atoms with van der Waals surface area (Å²) in [5.74, 6) is 1.51. The van der Waals surface area contributed by atoms with Crippen LogP contribution < -0.4 is 20.5 Å². The van der Waals surface area contributed by atoms with E-state index >= 15 is 0 Å². The maximum Gasteiger partial charge on any atom is 0.257 e. The van der Waals surface area contributed by atoms with E-state index in [9.17, 15) is 0 Å². The van der Waals surface area contributed by atoms with Gasteiger partial charge in [-0.3, -0.25) is 14.4 Å². The van der Waals surface area contributed by atoms with Crippen LogP contribution in [0.5, 0.6) is 11.6 Å². The highest BCUT2D eigenvalue weighted by Gasteiger charge is 2.20. The van der Waals surface area contributed by atoms with E-state index in [1.807, 2.05) is 43.0 Å². The van der Waals surface area contributed by atoms with Gasteiger partial charge in [-0.1, -0.05) is 36.9 Å². The molecule has 0 radical (unpaired) electrons. The third-order valence-electron chi connectivity index (χ3n) is 6.89. The van der Waals surface area contributed by atoms with Crippen LogP contribution in [0.15, 0.2) is 54.0 Å². The number of nitrogens with two attached hydrogens (primary N) is 1. The first-order chi connectivity index (χ1) is 19.5. The van der Waals surface area contributed by atoms with Gasteiger partial charge in [0.15, 0.2) is 0 Å². The Kier molecular flexibility index (Phi) is 8.80. The number of benzene rings is 1. The molecule has 1 aromatic carbocycles. The molecule has 210 valence electrons. The van der Waals surface area contributed by atoms with Crippen LogP contribution in [0.2, 0.25) is 5.02 Å². The molecule has 11 nitrogen and oxygen atoms in total. The Morgan fingerprint density at radius 3 is 2.70 bits per heavy atom. The van der Waals surface area contributed by atoms with Gasteiger partial charge >= 0.3 is 0 Å². The zero-order valence-electron chi connectivity index (χ0n) is 22.7. The van der Waals surface area contributed by atoms with Crippen molar-refractivity contribution in [1.82, 2.24) is 29.5 Å². The van der Waals surface area contributed by atoms with Gasteiger partial charge in [-0.05, 0) is 43.5 Å². The number of hydrogen-bond donors (Lipinski definition) is 2. The topological polar surface area (TPSA) is 130 Å². The first-order valence-corrected chi connectivity index (χ1v) is 13.8. The quantitative estimate of drug-likeness (QED) is 0.185. The van der Waals surface area contributed by atoms with Crippen molar-refractivity contribution in [3.05, 3.63) is 59.8 Å². The lowest BCUT2D eigenvalue weighted by atomic mass is 9.96. The smallest absolute Gasteiger partial charge is 0.257 e. The predicted molar refractivity (Wildman–Crippen MR) is 155 cm³/mol. The zero-order valence-corrected chi connectivity index (χ0v) is 23.5. The molecule has 0 saturated heterocycles. The van der Waals surface area contributed by atoms with Gasteiger partial charge in [0.25, 0.3) is 5.88 Å². The third kappa shape index (κ3) is 6.71. The molecule has 5 rings (SSSR count). The molecular weight excluding hydrogens is 530 g/mol. The van der Waals surface area contributed by atoms with Crippen LogP contribution in [-0.2, 0) is 13.7 Å². The van der Waals surface area contributed by atoms with Crippen LogP contribution in [0.25, 0.3) is 11.1 Å². The fraction of sp³-hybridized carbons (Fsp3) is 0.393. The lowest BCUT2D eigenvalue weighted by molar-refractivity contribution is 0.231. The number of nitrogens with one attached hydrogen (secondary N) is 1. The number of nitrogens with zero attached hydrogens (tertiary/aromatic N) is 7. The van der Waals surface area contributed by atoms with Gasteiger partial charge in [0.05, 0.1) is 35.8 Å². The summed E-state index contributed by atoms with van der Waals surface area (Å²) in [7, 11) is 1.89.